The first-order valence-corrected chi connectivity index (χ1v) is 11.1. The first-order valence-electron chi connectivity index (χ1n) is 11.1. The molecule has 0 aliphatic rings. The molecule has 0 spiro atoms. The van der Waals surface area contributed by atoms with Gasteiger partial charge in [-0.2, -0.15) is 0 Å². The highest BCUT2D eigenvalue weighted by Crippen LogP contribution is 2.25. The standard InChI is InChI=1S/C27H28N4O2/c1-4-31(18-21-8-6-5-7-9-21)26(32)24-17-29-27(28-16-23-15-12-20(3)33-23)30-25(24)22-13-10-19(2)11-14-22/h5-15,17H,4,16,18H2,1-3H3,(H,28,29,30). The van der Waals surface area contributed by atoms with E-state index in [1.54, 1.807) is 6.20 Å². The van der Waals surface area contributed by atoms with E-state index in [2.05, 4.69) is 10.3 Å². The molecule has 2 heterocycles. The van der Waals surface area contributed by atoms with Crippen LogP contribution in [0.4, 0.5) is 5.95 Å². The van der Waals surface area contributed by atoms with Crippen molar-refractivity contribution >= 4 is 11.9 Å². The van der Waals surface area contributed by atoms with Gasteiger partial charge in [0.05, 0.1) is 17.8 Å². The fraction of sp³-hybridized carbons (Fsp3) is 0.222. The Balaban J connectivity index is 1.65. The summed E-state index contributed by atoms with van der Waals surface area (Å²) in [5.41, 5.74) is 4.19. The Kier molecular flexibility index (Phi) is 6.83. The molecule has 0 unspecified atom stereocenters. The molecule has 6 heteroatoms. The summed E-state index contributed by atoms with van der Waals surface area (Å²) in [7, 11) is 0. The molecular formula is C27H28N4O2. The van der Waals surface area contributed by atoms with Gasteiger partial charge in [-0.25, -0.2) is 9.97 Å². The Bertz CT molecular complexity index is 1220. The van der Waals surface area contributed by atoms with Crippen molar-refractivity contribution in [3.63, 3.8) is 0 Å². The van der Waals surface area contributed by atoms with Crippen LogP contribution in [0.5, 0.6) is 0 Å². The third-order valence-corrected chi connectivity index (χ3v) is 5.45. The van der Waals surface area contributed by atoms with E-state index in [1.807, 2.05) is 92.4 Å². The molecule has 33 heavy (non-hydrogen) atoms. The Morgan fingerprint density at radius 2 is 1.76 bits per heavy atom. The van der Waals surface area contributed by atoms with Crippen LogP contribution in [-0.2, 0) is 13.1 Å². The monoisotopic (exact) mass is 440 g/mol. The molecule has 0 radical (unpaired) electrons. The largest absolute Gasteiger partial charge is 0.465 e. The predicted octanol–water partition coefficient (Wildman–Crippen LogP) is 5.63. The van der Waals surface area contributed by atoms with Gasteiger partial charge in [-0.05, 0) is 38.5 Å². The number of aryl methyl sites for hydroxylation is 2. The highest BCUT2D eigenvalue weighted by atomic mass is 16.3. The van der Waals surface area contributed by atoms with E-state index in [-0.39, 0.29) is 5.91 Å². The number of nitrogens with zero attached hydrogens (tertiary/aromatic N) is 3. The van der Waals surface area contributed by atoms with Crippen LogP contribution in [-0.4, -0.2) is 27.3 Å². The normalized spacial score (nSPS) is 10.8. The minimum Gasteiger partial charge on any atom is -0.465 e. The zero-order chi connectivity index (χ0) is 23.2. The summed E-state index contributed by atoms with van der Waals surface area (Å²) >= 11 is 0. The molecule has 2 aromatic carbocycles. The Morgan fingerprint density at radius 3 is 2.42 bits per heavy atom. The van der Waals surface area contributed by atoms with Gasteiger partial charge >= 0.3 is 0 Å². The van der Waals surface area contributed by atoms with Gasteiger partial charge in [0.15, 0.2) is 0 Å². The highest BCUT2D eigenvalue weighted by molar-refractivity contribution is 5.99. The third-order valence-electron chi connectivity index (χ3n) is 5.45. The smallest absolute Gasteiger partial charge is 0.257 e. The summed E-state index contributed by atoms with van der Waals surface area (Å²) in [4.78, 5) is 24.5. The number of amides is 1. The fourth-order valence-electron chi connectivity index (χ4n) is 3.60. The maximum atomic E-state index is 13.5. The summed E-state index contributed by atoms with van der Waals surface area (Å²) in [6.07, 6.45) is 1.62. The first kappa shape index (κ1) is 22.3. The highest BCUT2D eigenvalue weighted by Gasteiger charge is 2.21. The van der Waals surface area contributed by atoms with Crippen LogP contribution in [0, 0.1) is 13.8 Å². The molecular weight excluding hydrogens is 412 g/mol. The SMILES string of the molecule is CCN(Cc1ccccc1)C(=O)c1cnc(NCc2ccc(C)o2)nc1-c1ccc(C)cc1. The molecule has 0 fully saturated rings. The zero-order valence-corrected chi connectivity index (χ0v) is 19.2. The van der Waals surface area contributed by atoms with E-state index in [9.17, 15) is 4.79 Å². The zero-order valence-electron chi connectivity index (χ0n) is 19.2. The second-order valence-corrected chi connectivity index (χ2v) is 7.99. The van der Waals surface area contributed by atoms with Gasteiger partial charge in [0.25, 0.3) is 5.91 Å². The number of anilines is 1. The topological polar surface area (TPSA) is 71.3 Å². The number of furan rings is 1. The third kappa shape index (κ3) is 5.47. The molecule has 4 rings (SSSR count). The quantitative estimate of drug-likeness (QED) is 0.385. The summed E-state index contributed by atoms with van der Waals surface area (Å²) in [6, 6.07) is 21.8. The van der Waals surface area contributed by atoms with Crippen molar-refractivity contribution in [2.75, 3.05) is 11.9 Å². The number of hydrogen-bond acceptors (Lipinski definition) is 5. The van der Waals surface area contributed by atoms with Crippen LogP contribution in [0.3, 0.4) is 0 Å². The number of carbonyl (C=O) groups is 1. The molecule has 0 aliphatic carbocycles. The minimum absolute atomic E-state index is 0.0925. The van der Waals surface area contributed by atoms with Crippen molar-refractivity contribution in [3.8, 4) is 11.3 Å². The molecule has 0 bridgehead atoms. The Morgan fingerprint density at radius 1 is 1.00 bits per heavy atom. The lowest BCUT2D eigenvalue weighted by Gasteiger charge is -2.22. The molecule has 0 aliphatic heterocycles. The number of benzene rings is 2. The van der Waals surface area contributed by atoms with Gasteiger partial charge in [-0.3, -0.25) is 4.79 Å². The summed E-state index contributed by atoms with van der Waals surface area (Å²) in [5.74, 6) is 2.01. The van der Waals surface area contributed by atoms with Gasteiger partial charge in [-0.1, -0.05) is 60.2 Å². The first-order chi connectivity index (χ1) is 16.0. The summed E-state index contributed by atoms with van der Waals surface area (Å²) in [6.45, 7) is 7.50. The van der Waals surface area contributed by atoms with Crippen LogP contribution < -0.4 is 5.32 Å². The number of hydrogen-bond donors (Lipinski definition) is 1. The van der Waals surface area contributed by atoms with Crippen LogP contribution >= 0.6 is 0 Å². The Labute approximate surface area is 194 Å². The van der Waals surface area contributed by atoms with Crippen LogP contribution in [0.2, 0.25) is 0 Å². The Hall–Kier alpha value is -3.93. The summed E-state index contributed by atoms with van der Waals surface area (Å²) in [5, 5.41) is 3.20. The molecule has 1 amide bonds. The lowest BCUT2D eigenvalue weighted by atomic mass is 10.0. The molecule has 1 N–H and O–H groups in total. The second kappa shape index (κ2) is 10.1. The van der Waals surface area contributed by atoms with E-state index < -0.39 is 0 Å². The molecule has 6 nitrogen and oxygen atoms in total. The van der Waals surface area contributed by atoms with Gasteiger partial charge in [-0.15, -0.1) is 0 Å². The second-order valence-electron chi connectivity index (χ2n) is 7.99. The van der Waals surface area contributed by atoms with Crippen molar-refractivity contribution in [1.82, 2.24) is 14.9 Å². The molecule has 168 valence electrons. The van der Waals surface area contributed by atoms with Gasteiger partial charge in [0.1, 0.15) is 11.5 Å². The average molecular weight is 441 g/mol. The van der Waals surface area contributed by atoms with E-state index in [4.69, 9.17) is 9.40 Å². The molecule has 0 saturated carbocycles. The number of rotatable bonds is 8. The number of nitrogens with one attached hydrogen (secondary N) is 1. The van der Waals surface area contributed by atoms with Gasteiger partial charge < -0.3 is 14.6 Å². The van der Waals surface area contributed by atoms with E-state index >= 15 is 0 Å². The van der Waals surface area contributed by atoms with Gasteiger partial charge in [0, 0.05) is 24.8 Å². The maximum Gasteiger partial charge on any atom is 0.257 e. The van der Waals surface area contributed by atoms with Crippen LogP contribution in [0.25, 0.3) is 11.3 Å². The van der Waals surface area contributed by atoms with E-state index in [1.165, 1.54) is 0 Å². The van der Waals surface area contributed by atoms with E-state index in [0.717, 1.165) is 28.2 Å². The maximum absolute atomic E-state index is 13.5. The molecule has 0 atom stereocenters. The number of carbonyl (C=O) groups excluding carboxylic acids is 1. The molecule has 0 saturated heterocycles. The van der Waals surface area contributed by atoms with Gasteiger partial charge in [0.2, 0.25) is 5.95 Å². The average Bonchev–Trinajstić information content (AvgIpc) is 3.27. The van der Waals surface area contributed by atoms with Crippen molar-refractivity contribution in [1.29, 1.82) is 0 Å². The van der Waals surface area contributed by atoms with Crippen molar-refractivity contribution in [2.24, 2.45) is 0 Å². The van der Waals surface area contributed by atoms with Crippen molar-refractivity contribution in [3.05, 3.63) is 101 Å². The summed E-state index contributed by atoms with van der Waals surface area (Å²) < 4.78 is 5.62. The number of aromatic nitrogens is 2. The molecule has 4 aromatic rings. The van der Waals surface area contributed by atoms with Crippen LogP contribution in [0.1, 0.15) is 39.9 Å². The van der Waals surface area contributed by atoms with E-state index in [0.29, 0.717) is 36.8 Å². The van der Waals surface area contributed by atoms with Crippen molar-refractivity contribution < 1.29 is 9.21 Å². The van der Waals surface area contributed by atoms with Crippen molar-refractivity contribution in [2.45, 2.75) is 33.9 Å². The lowest BCUT2D eigenvalue weighted by molar-refractivity contribution is 0.0752. The predicted molar refractivity (Wildman–Crippen MR) is 130 cm³/mol. The fourth-order valence-corrected chi connectivity index (χ4v) is 3.60. The minimum atomic E-state index is -0.0925. The molecule has 2 aromatic heterocycles. The van der Waals surface area contributed by atoms with Crippen LogP contribution in [0.15, 0.2) is 77.3 Å². The lowest BCUT2D eigenvalue weighted by Crippen LogP contribution is -2.31.